The van der Waals surface area contributed by atoms with Gasteiger partial charge >= 0.3 is 12.1 Å². The molecule has 1 saturated heterocycles. The number of halogens is 3. The van der Waals surface area contributed by atoms with Crippen LogP contribution in [-0.4, -0.2) is 46.3 Å². The van der Waals surface area contributed by atoms with E-state index in [2.05, 4.69) is 29.8 Å². The number of rotatable bonds is 6. The van der Waals surface area contributed by atoms with E-state index < -0.39 is 29.5 Å². The maximum absolute atomic E-state index is 13.8. The van der Waals surface area contributed by atoms with Gasteiger partial charge in [0.15, 0.2) is 6.10 Å². The monoisotopic (exact) mass is 674 g/mol. The van der Waals surface area contributed by atoms with Crippen LogP contribution < -0.4 is 9.80 Å². The van der Waals surface area contributed by atoms with Crippen molar-refractivity contribution in [1.82, 2.24) is 9.97 Å². The number of alkyl halides is 3. The first-order chi connectivity index (χ1) is 22.9. The number of carboxylic acid groups (broad SMARTS) is 1. The summed E-state index contributed by atoms with van der Waals surface area (Å²) in [5.74, 6) is -1.06. The summed E-state index contributed by atoms with van der Waals surface area (Å²) >= 11 is 0. The number of aryl methyl sites for hydroxylation is 2. The van der Waals surface area contributed by atoms with Crippen molar-refractivity contribution in [3.63, 3.8) is 0 Å². The van der Waals surface area contributed by atoms with Gasteiger partial charge in [-0.1, -0.05) is 50.2 Å². The number of hydrogen-bond acceptors (Lipinski definition) is 6. The average molecular weight is 675 g/mol. The molecule has 7 nitrogen and oxygen atoms in total. The fourth-order valence-electron chi connectivity index (χ4n) is 7.23. The highest BCUT2D eigenvalue weighted by atomic mass is 19.4. The number of pyridine rings is 2. The van der Waals surface area contributed by atoms with Gasteiger partial charge < -0.3 is 19.6 Å². The second-order valence-electron chi connectivity index (χ2n) is 15.2. The van der Waals surface area contributed by atoms with Crippen LogP contribution in [-0.2, 0) is 28.7 Å². The van der Waals surface area contributed by atoms with Crippen molar-refractivity contribution in [2.45, 2.75) is 92.2 Å². The second-order valence-corrected chi connectivity index (χ2v) is 15.2. The summed E-state index contributed by atoms with van der Waals surface area (Å²) in [6.07, 6.45) is -3.21. The van der Waals surface area contributed by atoms with E-state index in [1.165, 1.54) is 0 Å². The van der Waals surface area contributed by atoms with E-state index in [1.807, 2.05) is 63.8 Å². The van der Waals surface area contributed by atoms with E-state index >= 15 is 0 Å². The lowest BCUT2D eigenvalue weighted by Crippen LogP contribution is -2.39. The van der Waals surface area contributed by atoms with Crippen LogP contribution in [0.3, 0.4) is 0 Å². The van der Waals surface area contributed by atoms with Crippen molar-refractivity contribution in [1.29, 1.82) is 0 Å². The molecule has 2 aromatic carbocycles. The van der Waals surface area contributed by atoms with Crippen LogP contribution >= 0.6 is 0 Å². The Kier molecular flexibility index (Phi) is 8.92. The van der Waals surface area contributed by atoms with Crippen LogP contribution in [0.15, 0.2) is 48.5 Å². The number of nitrogens with zero attached hydrogens (tertiary/aromatic N) is 4. The number of anilines is 2. The Bertz CT molecular complexity index is 1900. The minimum atomic E-state index is -4.56. The zero-order chi connectivity index (χ0) is 35.5. The number of benzene rings is 2. The second kappa shape index (κ2) is 12.6. The van der Waals surface area contributed by atoms with Crippen LogP contribution in [0.25, 0.3) is 22.0 Å². The normalized spacial score (nSPS) is 17.3. The topological polar surface area (TPSA) is 78.8 Å². The predicted octanol–water partition coefficient (Wildman–Crippen LogP) is 9.06. The molecule has 0 spiro atoms. The number of carbonyl (C=O) groups is 1. The SMILES string of the molecule is Cc1nc(C)c([C@H](OC(C)(C)C)C(=O)O)c(N2CCC(C)(C)CC2)c1-c1ccc2c(c1)CCN(c1cc(C(F)(F)F)nc3ccccc13)C2. The molecule has 1 N–H and O–H groups in total. The smallest absolute Gasteiger partial charge is 0.433 e. The van der Waals surface area contributed by atoms with E-state index in [-0.39, 0.29) is 5.41 Å². The molecule has 4 heterocycles. The molecule has 1 atom stereocenters. The quantitative estimate of drug-likeness (QED) is 0.219. The third-order valence-corrected chi connectivity index (χ3v) is 9.80. The largest absolute Gasteiger partial charge is 0.479 e. The number of fused-ring (bicyclic) bond motifs is 2. The van der Waals surface area contributed by atoms with Gasteiger partial charge in [-0.25, -0.2) is 9.78 Å². The fraction of sp³-hybridized carbons (Fsp3) is 0.462. The van der Waals surface area contributed by atoms with E-state index in [0.717, 1.165) is 65.6 Å². The molecule has 0 saturated carbocycles. The number of ether oxygens (including phenoxy) is 1. The molecule has 6 rings (SSSR count). The lowest BCUT2D eigenvalue weighted by molar-refractivity contribution is -0.160. The van der Waals surface area contributed by atoms with E-state index in [4.69, 9.17) is 9.72 Å². The molecule has 2 aromatic heterocycles. The molecule has 2 aliphatic heterocycles. The number of piperidine rings is 1. The molecule has 0 aliphatic carbocycles. The minimum Gasteiger partial charge on any atom is -0.479 e. The number of carboxylic acids is 1. The van der Waals surface area contributed by atoms with Crippen LogP contribution in [0.1, 0.15) is 87.3 Å². The summed E-state index contributed by atoms with van der Waals surface area (Å²) in [5, 5.41) is 11.2. The third kappa shape index (κ3) is 7.11. The maximum Gasteiger partial charge on any atom is 0.433 e. The maximum atomic E-state index is 13.8. The minimum absolute atomic E-state index is 0.181. The molecule has 49 heavy (non-hydrogen) atoms. The van der Waals surface area contributed by atoms with Crippen molar-refractivity contribution in [3.8, 4) is 11.1 Å². The third-order valence-electron chi connectivity index (χ3n) is 9.80. The lowest BCUT2D eigenvalue weighted by Gasteiger charge is -2.41. The number of aromatic nitrogens is 2. The van der Waals surface area contributed by atoms with Crippen molar-refractivity contribution >= 4 is 28.2 Å². The van der Waals surface area contributed by atoms with Crippen LogP contribution in [0, 0.1) is 19.3 Å². The molecule has 0 radical (unpaired) electrons. The zero-order valence-corrected chi connectivity index (χ0v) is 29.3. The van der Waals surface area contributed by atoms with Gasteiger partial charge in [0, 0.05) is 59.8 Å². The first kappa shape index (κ1) is 34.7. The Hall–Kier alpha value is -4.18. The van der Waals surface area contributed by atoms with E-state index in [1.54, 1.807) is 12.1 Å². The first-order valence-electron chi connectivity index (χ1n) is 16.9. The van der Waals surface area contributed by atoms with Gasteiger partial charge in [0.25, 0.3) is 0 Å². The van der Waals surface area contributed by atoms with Crippen LogP contribution in [0.2, 0.25) is 0 Å². The van der Waals surface area contributed by atoms with Crippen molar-refractivity contribution in [3.05, 3.63) is 82.3 Å². The molecule has 0 bridgehead atoms. The van der Waals surface area contributed by atoms with Crippen molar-refractivity contribution in [2.24, 2.45) is 5.41 Å². The Morgan fingerprint density at radius 3 is 2.27 bits per heavy atom. The summed E-state index contributed by atoms with van der Waals surface area (Å²) in [5.41, 5.74) is 6.26. The summed E-state index contributed by atoms with van der Waals surface area (Å²) in [7, 11) is 0. The molecule has 4 aromatic rings. The van der Waals surface area contributed by atoms with Gasteiger partial charge in [-0.3, -0.25) is 4.98 Å². The highest BCUT2D eigenvalue weighted by molar-refractivity contribution is 5.92. The standard InChI is InChI=1S/C39H45F3N4O3/c1-23-32(34(45-18-15-38(6,7)16-19-45)33(24(2)43-23)35(36(47)48)49-37(3,4)5)26-12-13-27-22-46(17-14-25(27)20-26)30-21-31(39(40,41)42)44-29-11-9-8-10-28(29)30/h8-13,20-21,35H,14-19,22H2,1-7H3,(H,47,48)/t35-/m0/s1. The first-order valence-corrected chi connectivity index (χ1v) is 16.9. The number of aliphatic carboxylic acids is 1. The van der Waals surface area contributed by atoms with Crippen LogP contribution in [0.5, 0.6) is 0 Å². The van der Waals surface area contributed by atoms with Crippen molar-refractivity contribution < 1.29 is 27.8 Å². The molecular formula is C39H45F3N4O3. The Balaban J connectivity index is 1.44. The van der Waals surface area contributed by atoms with Gasteiger partial charge in [-0.05, 0) is 88.1 Å². The van der Waals surface area contributed by atoms with Gasteiger partial charge in [0.1, 0.15) is 5.69 Å². The number of para-hydroxylation sites is 1. The molecule has 0 unspecified atom stereocenters. The Morgan fingerprint density at radius 1 is 0.918 bits per heavy atom. The van der Waals surface area contributed by atoms with Gasteiger partial charge in [0.05, 0.1) is 16.8 Å². The molecular weight excluding hydrogens is 629 g/mol. The predicted molar refractivity (Wildman–Crippen MR) is 187 cm³/mol. The summed E-state index contributed by atoms with van der Waals surface area (Å²) in [4.78, 5) is 26.0. The zero-order valence-electron chi connectivity index (χ0n) is 29.3. The van der Waals surface area contributed by atoms with E-state index in [0.29, 0.717) is 47.4 Å². The highest BCUT2D eigenvalue weighted by Gasteiger charge is 2.37. The molecule has 260 valence electrons. The van der Waals surface area contributed by atoms with Gasteiger partial charge in [-0.2, -0.15) is 13.2 Å². The molecule has 10 heteroatoms. The van der Waals surface area contributed by atoms with Gasteiger partial charge in [-0.15, -0.1) is 0 Å². The summed E-state index contributed by atoms with van der Waals surface area (Å²) in [6, 6.07) is 14.4. The van der Waals surface area contributed by atoms with Gasteiger partial charge in [0.2, 0.25) is 0 Å². The fourth-order valence-corrected chi connectivity index (χ4v) is 7.23. The Morgan fingerprint density at radius 2 is 1.61 bits per heavy atom. The Labute approximate surface area is 286 Å². The number of hydrogen-bond donors (Lipinski definition) is 1. The van der Waals surface area contributed by atoms with Crippen LogP contribution in [0.4, 0.5) is 24.5 Å². The molecule has 1 fully saturated rings. The highest BCUT2D eigenvalue weighted by Crippen LogP contribution is 2.46. The van der Waals surface area contributed by atoms with E-state index in [9.17, 15) is 23.1 Å². The molecule has 2 aliphatic rings. The molecule has 0 amide bonds. The summed E-state index contributed by atoms with van der Waals surface area (Å²) in [6.45, 7) is 16.5. The average Bonchev–Trinajstić information content (AvgIpc) is 3.02. The summed E-state index contributed by atoms with van der Waals surface area (Å²) < 4.78 is 47.8. The lowest BCUT2D eigenvalue weighted by atomic mass is 9.81. The van der Waals surface area contributed by atoms with Crippen molar-refractivity contribution in [2.75, 3.05) is 29.4 Å².